The number of hydrogen-bond acceptors (Lipinski definition) is 3. The Hall–Kier alpha value is -1.06. The van der Waals surface area contributed by atoms with Crippen molar-refractivity contribution < 1.29 is 4.74 Å². The number of benzene rings is 1. The minimum Gasteiger partial charge on any atom is -0.497 e. The first-order valence-electron chi connectivity index (χ1n) is 7.59. The van der Waals surface area contributed by atoms with E-state index in [9.17, 15) is 0 Å². The van der Waals surface area contributed by atoms with Crippen molar-refractivity contribution in [3.63, 3.8) is 0 Å². The number of aryl methyl sites for hydroxylation is 1. The zero-order valence-electron chi connectivity index (χ0n) is 13.9. The van der Waals surface area contributed by atoms with Crippen LogP contribution in [0.2, 0.25) is 0 Å². The SMILES string of the molecule is CCN(CC)C(C)(CC)C(N)c1ccc(OC)cc1C. The number of ether oxygens (including phenoxy) is 1. The summed E-state index contributed by atoms with van der Waals surface area (Å²) in [6, 6.07) is 6.17. The number of rotatable bonds is 7. The molecule has 0 aromatic heterocycles. The molecule has 2 atom stereocenters. The highest BCUT2D eigenvalue weighted by atomic mass is 16.5. The van der Waals surface area contributed by atoms with E-state index in [1.807, 2.05) is 6.07 Å². The van der Waals surface area contributed by atoms with E-state index in [0.717, 1.165) is 25.3 Å². The average molecular weight is 278 g/mol. The monoisotopic (exact) mass is 278 g/mol. The standard InChI is InChI=1S/C17H30N2O/c1-7-17(5,19(8-2)9-3)16(18)15-11-10-14(20-6)12-13(15)4/h10-12,16H,7-9,18H2,1-6H3. The van der Waals surface area contributed by atoms with Crippen molar-refractivity contribution in [3.8, 4) is 5.75 Å². The lowest BCUT2D eigenvalue weighted by molar-refractivity contribution is 0.0842. The summed E-state index contributed by atoms with van der Waals surface area (Å²) in [6.45, 7) is 13.0. The molecule has 0 saturated heterocycles. The molecule has 1 aromatic rings. The first kappa shape index (κ1) is 17.0. The van der Waals surface area contributed by atoms with Crippen LogP contribution in [0.4, 0.5) is 0 Å². The molecule has 1 rings (SSSR count). The fourth-order valence-corrected chi connectivity index (χ4v) is 3.05. The molecule has 3 heteroatoms. The molecule has 3 nitrogen and oxygen atoms in total. The molecular weight excluding hydrogens is 248 g/mol. The molecule has 0 spiro atoms. The molecule has 0 radical (unpaired) electrons. The van der Waals surface area contributed by atoms with Gasteiger partial charge in [0.05, 0.1) is 7.11 Å². The number of methoxy groups -OCH3 is 1. The van der Waals surface area contributed by atoms with Crippen LogP contribution in [-0.4, -0.2) is 30.6 Å². The van der Waals surface area contributed by atoms with Crippen LogP contribution in [0.3, 0.4) is 0 Å². The van der Waals surface area contributed by atoms with E-state index in [0.29, 0.717) is 0 Å². The lowest BCUT2D eigenvalue weighted by atomic mass is 9.82. The van der Waals surface area contributed by atoms with Crippen LogP contribution in [0.15, 0.2) is 18.2 Å². The average Bonchev–Trinajstić information content (AvgIpc) is 2.47. The van der Waals surface area contributed by atoms with Gasteiger partial charge in [-0.15, -0.1) is 0 Å². The Labute approximate surface area is 124 Å². The lowest BCUT2D eigenvalue weighted by Crippen LogP contribution is -2.53. The third kappa shape index (κ3) is 3.15. The molecule has 114 valence electrons. The van der Waals surface area contributed by atoms with Crippen molar-refractivity contribution in [2.75, 3.05) is 20.2 Å². The zero-order valence-corrected chi connectivity index (χ0v) is 13.9. The molecule has 0 heterocycles. The van der Waals surface area contributed by atoms with Crippen LogP contribution in [0.5, 0.6) is 5.75 Å². The van der Waals surface area contributed by atoms with E-state index >= 15 is 0 Å². The lowest BCUT2D eigenvalue weighted by Gasteiger charge is -2.44. The van der Waals surface area contributed by atoms with Gasteiger partial charge in [0, 0.05) is 11.6 Å². The van der Waals surface area contributed by atoms with E-state index in [-0.39, 0.29) is 11.6 Å². The molecule has 0 aliphatic heterocycles. The number of likely N-dealkylation sites (N-methyl/N-ethyl adjacent to an activating group) is 1. The molecule has 1 aromatic carbocycles. The largest absolute Gasteiger partial charge is 0.497 e. The summed E-state index contributed by atoms with van der Waals surface area (Å²) in [5.74, 6) is 0.888. The minimum absolute atomic E-state index is 0.00157. The van der Waals surface area contributed by atoms with E-state index in [4.69, 9.17) is 10.5 Å². The van der Waals surface area contributed by atoms with Crippen LogP contribution >= 0.6 is 0 Å². The topological polar surface area (TPSA) is 38.5 Å². The first-order valence-corrected chi connectivity index (χ1v) is 7.59. The Morgan fingerprint density at radius 3 is 2.25 bits per heavy atom. The number of nitrogens with two attached hydrogens (primary N) is 1. The number of hydrogen-bond donors (Lipinski definition) is 1. The highest BCUT2D eigenvalue weighted by molar-refractivity contribution is 5.38. The first-order chi connectivity index (χ1) is 9.44. The van der Waals surface area contributed by atoms with Gasteiger partial charge < -0.3 is 10.5 Å². The number of nitrogens with zero attached hydrogens (tertiary/aromatic N) is 1. The van der Waals surface area contributed by atoms with Gasteiger partial charge in [0.15, 0.2) is 0 Å². The molecule has 2 unspecified atom stereocenters. The van der Waals surface area contributed by atoms with Gasteiger partial charge in [0.25, 0.3) is 0 Å². The van der Waals surface area contributed by atoms with Crippen molar-refractivity contribution in [2.24, 2.45) is 5.73 Å². The molecule has 2 N–H and O–H groups in total. The van der Waals surface area contributed by atoms with E-state index in [2.05, 4.69) is 51.7 Å². The van der Waals surface area contributed by atoms with Gasteiger partial charge in [-0.1, -0.05) is 26.8 Å². The van der Waals surface area contributed by atoms with Crippen LogP contribution in [0.1, 0.15) is 51.3 Å². The third-order valence-corrected chi connectivity index (χ3v) is 4.68. The van der Waals surface area contributed by atoms with Gasteiger partial charge in [-0.3, -0.25) is 4.90 Å². The Bertz CT molecular complexity index is 429. The fourth-order valence-electron chi connectivity index (χ4n) is 3.05. The van der Waals surface area contributed by atoms with Crippen molar-refractivity contribution in [1.82, 2.24) is 4.90 Å². The highest BCUT2D eigenvalue weighted by Crippen LogP contribution is 2.34. The Morgan fingerprint density at radius 1 is 1.25 bits per heavy atom. The maximum atomic E-state index is 6.65. The van der Waals surface area contributed by atoms with Crippen LogP contribution in [0.25, 0.3) is 0 Å². The summed E-state index contributed by atoms with van der Waals surface area (Å²) in [7, 11) is 1.69. The fraction of sp³-hybridized carbons (Fsp3) is 0.647. The molecule has 20 heavy (non-hydrogen) atoms. The smallest absolute Gasteiger partial charge is 0.119 e. The molecule has 0 aliphatic carbocycles. The molecule has 0 bridgehead atoms. The summed E-state index contributed by atoms with van der Waals surface area (Å²) in [6.07, 6.45) is 1.03. The Balaban J connectivity index is 3.16. The van der Waals surface area contributed by atoms with Crippen molar-refractivity contribution in [1.29, 1.82) is 0 Å². The summed E-state index contributed by atoms with van der Waals surface area (Å²) < 4.78 is 5.28. The van der Waals surface area contributed by atoms with Crippen molar-refractivity contribution in [3.05, 3.63) is 29.3 Å². The Morgan fingerprint density at radius 2 is 1.85 bits per heavy atom. The highest BCUT2D eigenvalue weighted by Gasteiger charge is 2.36. The van der Waals surface area contributed by atoms with Crippen LogP contribution in [0, 0.1) is 6.92 Å². The molecule has 0 amide bonds. The van der Waals surface area contributed by atoms with Gasteiger partial charge in [0.1, 0.15) is 5.75 Å². The van der Waals surface area contributed by atoms with Crippen molar-refractivity contribution >= 4 is 0 Å². The van der Waals surface area contributed by atoms with Crippen LogP contribution in [-0.2, 0) is 0 Å². The third-order valence-electron chi connectivity index (χ3n) is 4.68. The summed E-state index contributed by atoms with van der Waals surface area (Å²) in [5.41, 5.74) is 9.03. The maximum absolute atomic E-state index is 6.65. The Kier molecular flexibility index (Phi) is 6.03. The molecule has 0 saturated carbocycles. The van der Waals surface area contributed by atoms with Crippen LogP contribution < -0.4 is 10.5 Å². The summed E-state index contributed by atoms with van der Waals surface area (Å²) in [4.78, 5) is 2.46. The second kappa shape index (κ2) is 7.09. The maximum Gasteiger partial charge on any atom is 0.119 e. The van der Waals surface area contributed by atoms with E-state index < -0.39 is 0 Å². The zero-order chi connectivity index (χ0) is 15.3. The minimum atomic E-state index is -0.0250. The molecular formula is C17H30N2O. The van der Waals surface area contributed by atoms with E-state index in [1.54, 1.807) is 7.11 Å². The predicted molar refractivity (Wildman–Crippen MR) is 86.3 cm³/mol. The second-order valence-electron chi connectivity index (χ2n) is 5.58. The van der Waals surface area contributed by atoms with Gasteiger partial charge in [-0.25, -0.2) is 0 Å². The molecule has 0 aliphatic rings. The predicted octanol–water partition coefficient (Wildman–Crippen LogP) is 3.51. The van der Waals surface area contributed by atoms with Gasteiger partial charge in [-0.2, -0.15) is 0 Å². The van der Waals surface area contributed by atoms with Gasteiger partial charge >= 0.3 is 0 Å². The normalized spacial score (nSPS) is 16.0. The van der Waals surface area contributed by atoms with Gasteiger partial charge in [-0.05, 0) is 56.6 Å². The summed E-state index contributed by atoms with van der Waals surface area (Å²) in [5, 5.41) is 0. The summed E-state index contributed by atoms with van der Waals surface area (Å²) >= 11 is 0. The van der Waals surface area contributed by atoms with Crippen molar-refractivity contribution in [2.45, 2.75) is 52.6 Å². The second-order valence-corrected chi connectivity index (χ2v) is 5.58. The molecule has 0 fully saturated rings. The quantitative estimate of drug-likeness (QED) is 0.829. The van der Waals surface area contributed by atoms with E-state index in [1.165, 1.54) is 11.1 Å². The van der Waals surface area contributed by atoms with Gasteiger partial charge in [0.2, 0.25) is 0 Å².